The smallest absolute Gasteiger partial charge is 0.330 e. The predicted molar refractivity (Wildman–Crippen MR) is 125 cm³/mol. The van der Waals surface area contributed by atoms with Gasteiger partial charge in [0.1, 0.15) is 18.0 Å². The molecule has 34 heavy (non-hydrogen) atoms. The van der Waals surface area contributed by atoms with Crippen molar-refractivity contribution in [2.75, 3.05) is 34.4 Å². The maximum absolute atomic E-state index is 13.0. The minimum absolute atomic E-state index is 0.0595. The topological polar surface area (TPSA) is 90.1 Å². The third-order valence-electron chi connectivity index (χ3n) is 8.04. The van der Waals surface area contributed by atoms with E-state index in [1.165, 1.54) is 23.8 Å². The molecular formula is C26H32N2O6. The lowest BCUT2D eigenvalue weighted by Crippen LogP contribution is -2.58. The van der Waals surface area contributed by atoms with Gasteiger partial charge < -0.3 is 23.9 Å². The van der Waals surface area contributed by atoms with E-state index < -0.39 is 24.1 Å². The number of ether oxygens (including phenoxy) is 4. The number of nitrogens with one attached hydrogen (secondary N) is 1. The van der Waals surface area contributed by atoms with E-state index in [9.17, 15) is 9.59 Å². The number of nitrogens with zero attached hydrogens (tertiary/aromatic N) is 1. The number of aromatic nitrogens is 1. The van der Waals surface area contributed by atoms with E-state index >= 15 is 0 Å². The molecule has 0 amide bonds. The quantitative estimate of drug-likeness (QED) is 0.533. The molecule has 1 N–H and O–H groups in total. The fourth-order valence-corrected chi connectivity index (χ4v) is 6.55. The third kappa shape index (κ3) is 3.69. The Kier molecular flexibility index (Phi) is 6.12. The summed E-state index contributed by atoms with van der Waals surface area (Å²) in [6, 6.07) is 6.35. The van der Waals surface area contributed by atoms with Crippen LogP contribution >= 0.6 is 0 Å². The van der Waals surface area contributed by atoms with Crippen molar-refractivity contribution in [1.82, 2.24) is 9.88 Å². The van der Waals surface area contributed by atoms with Crippen molar-refractivity contribution in [2.24, 2.45) is 17.8 Å². The average molecular weight is 469 g/mol. The molecule has 1 saturated heterocycles. The molecule has 3 aliphatic rings. The number of carbonyl (C=O) groups is 2. The number of benzene rings is 1. The molecule has 1 saturated carbocycles. The van der Waals surface area contributed by atoms with Crippen LogP contribution in [-0.2, 0) is 30.2 Å². The van der Waals surface area contributed by atoms with Crippen LogP contribution < -0.4 is 4.74 Å². The molecule has 1 aromatic heterocycles. The SMILES string of the molecule is C=CC(=O)O[C@@H]1C[C@H]2CN3CCc4c([nH]c5cc(OC)ccc45)[C@H]3C[C@@H]2[C@H](C(=O)OC)C1OC. The lowest BCUT2D eigenvalue weighted by molar-refractivity contribution is -0.187. The van der Waals surface area contributed by atoms with Crippen LogP contribution in [0.5, 0.6) is 5.75 Å². The second kappa shape index (κ2) is 9.07. The number of rotatable bonds is 5. The second-order valence-corrected chi connectivity index (χ2v) is 9.51. The Morgan fingerprint density at radius 2 is 2.03 bits per heavy atom. The minimum atomic E-state index is -0.556. The number of hydrogen-bond donors (Lipinski definition) is 1. The van der Waals surface area contributed by atoms with Gasteiger partial charge in [0.25, 0.3) is 0 Å². The summed E-state index contributed by atoms with van der Waals surface area (Å²) in [6.45, 7) is 5.29. The molecular weight excluding hydrogens is 436 g/mol. The highest BCUT2D eigenvalue weighted by atomic mass is 16.6. The van der Waals surface area contributed by atoms with Gasteiger partial charge in [-0.1, -0.05) is 6.58 Å². The maximum Gasteiger partial charge on any atom is 0.330 e. The maximum atomic E-state index is 13.0. The largest absolute Gasteiger partial charge is 0.497 e. The van der Waals surface area contributed by atoms with Gasteiger partial charge in [-0.3, -0.25) is 9.69 Å². The number of aromatic amines is 1. The van der Waals surface area contributed by atoms with Crippen LogP contribution in [0.25, 0.3) is 10.9 Å². The first kappa shape index (κ1) is 22.9. The molecule has 8 nitrogen and oxygen atoms in total. The molecule has 8 heteroatoms. The van der Waals surface area contributed by atoms with Crippen molar-refractivity contribution < 1.29 is 28.5 Å². The van der Waals surface area contributed by atoms with E-state index in [1.54, 1.807) is 14.2 Å². The summed E-state index contributed by atoms with van der Waals surface area (Å²) in [5.74, 6) is -0.239. The molecule has 2 aliphatic heterocycles. The van der Waals surface area contributed by atoms with Crippen molar-refractivity contribution in [1.29, 1.82) is 0 Å². The molecule has 6 atom stereocenters. The zero-order chi connectivity index (χ0) is 24.0. The number of fused-ring (bicyclic) bond motifs is 6. The van der Waals surface area contributed by atoms with Crippen molar-refractivity contribution in [2.45, 2.75) is 37.5 Å². The van der Waals surface area contributed by atoms with Crippen LogP contribution in [0.2, 0.25) is 0 Å². The molecule has 1 aliphatic carbocycles. The number of piperidine rings is 1. The van der Waals surface area contributed by atoms with Crippen molar-refractivity contribution >= 4 is 22.8 Å². The van der Waals surface area contributed by atoms with E-state index in [2.05, 4.69) is 22.5 Å². The molecule has 2 fully saturated rings. The highest BCUT2D eigenvalue weighted by Gasteiger charge is 2.54. The summed E-state index contributed by atoms with van der Waals surface area (Å²) in [7, 11) is 4.64. The van der Waals surface area contributed by atoms with Crippen LogP contribution in [0.3, 0.4) is 0 Å². The standard InChI is InChI=1S/C26H32N2O6/c1-5-22(29)34-21-10-14-13-28-9-8-17-16-7-6-15(31-2)11-19(16)27-24(17)20(28)12-18(14)23(25(21)32-3)26(30)33-4/h5-7,11,14,18,20-21,23,25,27H,1,8-10,12-13H2,2-4H3/t14-,18-,20+,21+,23-,25?/m0/s1. The lowest BCUT2D eigenvalue weighted by atomic mass is 9.64. The van der Waals surface area contributed by atoms with Gasteiger partial charge in [-0.15, -0.1) is 0 Å². The molecule has 0 spiro atoms. The van der Waals surface area contributed by atoms with Gasteiger partial charge >= 0.3 is 11.9 Å². The lowest BCUT2D eigenvalue weighted by Gasteiger charge is -2.52. The second-order valence-electron chi connectivity index (χ2n) is 9.51. The van der Waals surface area contributed by atoms with Crippen molar-refractivity contribution in [3.8, 4) is 5.75 Å². The zero-order valence-corrected chi connectivity index (χ0v) is 19.9. The molecule has 1 unspecified atom stereocenters. The van der Waals surface area contributed by atoms with E-state index in [-0.39, 0.29) is 23.8 Å². The Morgan fingerprint density at radius 3 is 2.74 bits per heavy atom. The fraction of sp³-hybridized carbons (Fsp3) is 0.538. The first-order valence-electron chi connectivity index (χ1n) is 11.8. The Hall–Kier alpha value is -2.84. The minimum Gasteiger partial charge on any atom is -0.497 e. The highest BCUT2D eigenvalue weighted by Crippen LogP contribution is 2.50. The third-order valence-corrected chi connectivity index (χ3v) is 8.04. The van der Waals surface area contributed by atoms with Gasteiger partial charge in [0, 0.05) is 48.9 Å². The van der Waals surface area contributed by atoms with E-state index in [4.69, 9.17) is 18.9 Å². The summed E-state index contributed by atoms with van der Waals surface area (Å²) in [5, 5.41) is 1.23. The molecule has 3 heterocycles. The Labute approximate surface area is 199 Å². The fourth-order valence-electron chi connectivity index (χ4n) is 6.55. The Balaban J connectivity index is 1.49. The van der Waals surface area contributed by atoms with E-state index in [1.807, 2.05) is 12.1 Å². The van der Waals surface area contributed by atoms with Crippen LogP contribution in [0.4, 0.5) is 0 Å². The Bertz CT molecular complexity index is 1110. The number of H-pyrrole nitrogens is 1. The van der Waals surface area contributed by atoms with Gasteiger partial charge in [0.05, 0.1) is 26.2 Å². The number of methoxy groups -OCH3 is 3. The first-order valence-corrected chi connectivity index (χ1v) is 11.8. The molecule has 5 rings (SSSR count). The first-order chi connectivity index (χ1) is 16.5. The van der Waals surface area contributed by atoms with E-state index in [0.29, 0.717) is 6.42 Å². The summed E-state index contributed by atoms with van der Waals surface area (Å²) < 4.78 is 22.0. The van der Waals surface area contributed by atoms with Gasteiger partial charge in [-0.25, -0.2) is 4.79 Å². The number of carbonyl (C=O) groups excluding carboxylic acids is 2. The number of esters is 2. The normalized spacial score (nSPS) is 30.6. The summed E-state index contributed by atoms with van der Waals surface area (Å²) in [6.07, 6.45) is 2.50. The molecule has 0 radical (unpaired) electrons. The van der Waals surface area contributed by atoms with Crippen LogP contribution in [-0.4, -0.2) is 68.4 Å². The average Bonchev–Trinajstić information content (AvgIpc) is 3.24. The summed E-state index contributed by atoms with van der Waals surface area (Å²) in [5.41, 5.74) is 3.65. The number of hydrogen-bond acceptors (Lipinski definition) is 7. The zero-order valence-electron chi connectivity index (χ0n) is 19.9. The Morgan fingerprint density at radius 1 is 1.21 bits per heavy atom. The monoisotopic (exact) mass is 468 g/mol. The van der Waals surface area contributed by atoms with Crippen molar-refractivity contribution in [3.63, 3.8) is 0 Å². The molecule has 182 valence electrons. The van der Waals surface area contributed by atoms with Gasteiger partial charge in [-0.2, -0.15) is 0 Å². The van der Waals surface area contributed by atoms with E-state index in [0.717, 1.165) is 43.3 Å². The predicted octanol–water partition coefficient (Wildman–Crippen LogP) is 3.02. The van der Waals surface area contributed by atoms with Crippen molar-refractivity contribution in [3.05, 3.63) is 42.1 Å². The molecule has 2 aromatic rings. The highest BCUT2D eigenvalue weighted by molar-refractivity contribution is 5.86. The van der Waals surface area contributed by atoms with Gasteiger partial charge in [0.2, 0.25) is 0 Å². The van der Waals surface area contributed by atoms with Crippen LogP contribution in [0.1, 0.15) is 30.1 Å². The summed E-state index contributed by atoms with van der Waals surface area (Å²) in [4.78, 5) is 31.2. The van der Waals surface area contributed by atoms with Crippen LogP contribution in [0.15, 0.2) is 30.9 Å². The van der Waals surface area contributed by atoms with Gasteiger partial charge in [0.15, 0.2) is 0 Å². The van der Waals surface area contributed by atoms with Gasteiger partial charge in [-0.05, 0) is 48.8 Å². The van der Waals surface area contributed by atoms with Crippen LogP contribution in [0, 0.1) is 17.8 Å². The molecule has 1 aromatic carbocycles. The summed E-state index contributed by atoms with van der Waals surface area (Å²) >= 11 is 0. The molecule has 0 bridgehead atoms.